The van der Waals surface area contributed by atoms with Gasteiger partial charge in [0.05, 0.1) is 5.69 Å². The number of carbonyl (C=O) groups is 1. The molecule has 0 unspecified atom stereocenters. The average molecular weight is 198 g/mol. The van der Waals surface area contributed by atoms with Crippen molar-refractivity contribution < 1.29 is 9.18 Å². The molecule has 5 heteroatoms. The Bertz CT molecular complexity index is 354. The highest BCUT2D eigenvalue weighted by atomic mass is 32.1. The minimum atomic E-state index is -0.779. The van der Waals surface area contributed by atoms with Crippen LogP contribution in [-0.4, -0.2) is 10.9 Å². The smallest absolute Gasteiger partial charge is 0.276 e. The van der Waals surface area contributed by atoms with Gasteiger partial charge in [-0.3, -0.25) is 4.79 Å². The van der Waals surface area contributed by atoms with E-state index in [1.807, 2.05) is 0 Å². The number of hydrogen-bond acceptors (Lipinski definition) is 2. The molecule has 0 atom stereocenters. The largest absolute Gasteiger partial charge is 0.364 e. The molecule has 0 aliphatic heterocycles. The fourth-order valence-corrected chi connectivity index (χ4v) is 0.856. The Kier molecular flexibility index (Phi) is 2.92. The summed E-state index contributed by atoms with van der Waals surface area (Å²) >= 11 is 4.57. The molecule has 0 bridgehead atoms. The summed E-state index contributed by atoms with van der Waals surface area (Å²) in [6.45, 7) is 0. The zero-order valence-electron chi connectivity index (χ0n) is 6.58. The van der Waals surface area contributed by atoms with Gasteiger partial charge >= 0.3 is 0 Å². The average Bonchev–Trinajstić information content (AvgIpc) is 2.08. The molecule has 0 fully saturated rings. The molecule has 0 aromatic heterocycles. The zero-order chi connectivity index (χ0) is 9.84. The number of nitrogens with two attached hydrogens (primary N) is 1. The summed E-state index contributed by atoms with van der Waals surface area (Å²) in [5.74, 6) is -1.26. The summed E-state index contributed by atoms with van der Waals surface area (Å²) in [5.41, 5.74) is 5.01. The van der Waals surface area contributed by atoms with Gasteiger partial charge in [-0.1, -0.05) is 24.4 Å². The number of halogens is 1. The van der Waals surface area contributed by atoms with Crippen LogP contribution >= 0.6 is 12.2 Å². The Morgan fingerprint density at radius 3 is 2.62 bits per heavy atom. The van der Waals surface area contributed by atoms with Crippen molar-refractivity contribution in [2.45, 2.75) is 0 Å². The summed E-state index contributed by atoms with van der Waals surface area (Å²) in [5, 5.41) is 2.39. The van der Waals surface area contributed by atoms with Crippen LogP contribution in [0.15, 0.2) is 24.3 Å². The van der Waals surface area contributed by atoms with E-state index < -0.39 is 11.7 Å². The van der Waals surface area contributed by atoms with Crippen LogP contribution in [0.4, 0.5) is 10.1 Å². The highest BCUT2D eigenvalue weighted by Gasteiger charge is 2.06. The maximum atomic E-state index is 12.9. The van der Waals surface area contributed by atoms with Crippen LogP contribution in [0.2, 0.25) is 0 Å². The van der Waals surface area contributed by atoms with Crippen LogP contribution < -0.4 is 11.1 Å². The summed E-state index contributed by atoms with van der Waals surface area (Å²) < 4.78 is 12.9. The van der Waals surface area contributed by atoms with Crippen molar-refractivity contribution in [3.8, 4) is 0 Å². The molecule has 3 nitrogen and oxygen atoms in total. The fraction of sp³-hybridized carbons (Fsp3) is 0. The molecule has 0 saturated carbocycles. The van der Waals surface area contributed by atoms with Crippen molar-refractivity contribution in [1.82, 2.24) is 0 Å². The number of amides is 1. The summed E-state index contributed by atoms with van der Waals surface area (Å²) in [7, 11) is 0. The van der Waals surface area contributed by atoms with E-state index >= 15 is 0 Å². The lowest BCUT2D eigenvalue weighted by Gasteiger charge is -2.04. The van der Waals surface area contributed by atoms with Crippen molar-refractivity contribution in [2.24, 2.45) is 5.73 Å². The number of carbonyl (C=O) groups excluding carboxylic acids is 1. The second kappa shape index (κ2) is 3.95. The molecule has 1 aromatic carbocycles. The molecule has 0 aliphatic rings. The Hall–Kier alpha value is -1.49. The molecule has 3 N–H and O–H groups in total. The topological polar surface area (TPSA) is 55.1 Å². The number of thiocarbonyl (C=S) groups is 1. The SMILES string of the molecule is NC(=O)C(=S)Nc1ccccc1F. The molecule has 0 radical (unpaired) electrons. The molecule has 0 aliphatic carbocycles. The third kappa shape index (κ3) is 2.48. The molecule has 0 spiro atoms. The standard InChI is InChI=1S/C8H7FN2OS/c9-5-3-1-2-4-6(5)11-8(13)7(10)12/h1-4H,(H2,10,12)(H,11,13). The predicted octanol–water partition coefficient (Wildman–Crippen LogP) is 1.05. The molecular formula is C8H7FN2OS. The lowest BCUT2D eigenvalue weighted by molar-refractivity contribution is -0.111. The molecule has 1 amide bonds. The van der Waals surface area contributed by atoms with Crippen molar-refractivity contribution in [1.29, 1.82) is 0 Å². The normalized spacial score (nSPS) is 9.31. The number of primary amides is 1. The third-order valence-corrected chi connectivity index (χ3v) is 1.65. The van der Waals surface area contributed by atoms with Crippen LogP contribution in [0.5, 0.6) is 0 Å². The highest BCUT2D eigenvalue weighted by molar-refractivity contribution is 7.82. The van der Waals surface area contributed by atoms with Crippen LogP contribution in [0.1, 0.15) is 0 Å². The van der Waals surface area contributed by atoms with Gasteiger partial charge in [0.15, 0.2) is 4.99 Å². The Morgan fingerprint density at radius 1 is 1.46 bits per heavy atom. The van der Waals surface area contributed by atoms with Gasteiger partial charge in [-0.05, 0) is 12.1 Å². The molecule has 0 heterocycles. The van der Waals surface area contributed by atoms with E-state index in [4.69, 9.17) is 5.73 Å². The van der Waals surface area contributed by atoms with E-state index in [0.29, 0.717) is 0 Å². The monoisotopic (exact) mass is 198 g/mol. The van der Waals surface area contributed by atoms with Crippen LogP contribution in [0.3, 0.4) is 0 Å². The van der Waals surface area contributed by atoms with Gasteiger partial charge in [0.2, 0.25) is 0 Å². The number of nitrogens with one attached hydrogen (secondary N) is 1. The van der Waals surface area contributed by atoms with Crippen LogP contribution in [0, 0.1) is 5.82 Å². The number of rotatable bonds is 1. The molecule has 1 rings (SSSR count). The third-order valence-electron chi connectivity index (χ3n) is 1.35. The number of hydrogen-bond donors (Lipinski definition) is 2. The maximum absolute atomic E-state index is 12.9. The quantitative estimate of drug-likeness (QED) is 0.663. The van der Waals surface area contributed by atoms with Crippen molar-refractivity contribution >= 4 is 28.8 Å². The predicted molar refractivity (Wildman–Crippen MR) is 51.8 cm³/mol. The maximum Gasteiger partial charge on any atom is 0.276 e. The van der Waals surface area contributed by atoms with E-state index in [2.05, 4.69) is 17.5 Å². The van der Waals surface area contributed by atoms with E-state index in [1.54, 1.807) is 6.07 Å². The lowest BCUT2D eigenvalue weighted by Crippen LogP contribution is -2.28. The molecular weight excluding hydrogens is 191 g/mol. The first-order chi connectivity index (χ1) is 6.11. The summed E-state index contributed by atoms with van der Waals surface area (Å²) in [6.07, 6.45) is 0. The van der Waals surface area contributed by atoms with E-state index in [1.165, 1.54) is 18.2 Å². The molecule has 13 heavy (non-hydrogen) atoms. The molecule has 68 valence electrons. The van der Waals surface area contributed by atoms with Gasteiger partial charge in [0.1, 0.15) is 5.82 Å². The fourth-order valence-electron chi connectivity index (χ4n) is 0.746. The first-order valence-electron chi connectivity index (χ1n) is 3.46. The number of benzene rings is 1. The molecule has 0 saturated heterocycles. The van der Waals surface area contributed by atoms with Crippen LogP contribution in [-0.2, 0) is 4.79 Å². The van der Waals surface area contributed by atoms with Crippen LogP contribution in [0.25, 0.3) is 0 Å². The van der Waals surface area contributed by atoms with Crippen molar-refractivity contribution in [3.63, 3.8) is 0 Å². The van der Waals surface area contributed by atoms with Gasteiger partial charge in [0, 0.05) is 0 Å². The van der Waals surface area contributed by atoms with Gasteiger partial charge in [0.25, 0.3) is 5.91 Å². The minimum Gasteiger partial charge on any atom is -0.364 e. The second-order valence-corrected chi connectivity index (χ2v) is 2.71. The Labute approximate surface area is 79.7 Å². The number of anilines is 1. The van der Waals surface area contributed by atoms with Crippen molar-refractivity contribution in [3.05, 3.63) is 30.1 Å². The Morgan fingerprint density at radius 2 is 2.08 bits per heavy atom. The van der Waals surface area contributed by atoms with E-state index in [9.17, 15) is 9.18 Å². The lowest BCUT2D eigenvalue weighted by atomic mass is 10.3. The first-order valence-corrected chi connectivity index (χ1v) is 3.87. The van der Waals surface area contributed by atoms with Gasteiger partial charge in [-0.2, -0.15) is 0 Å². The minimum absolute atomic E-state index is 0.145. The Balaban J connectivity index is 2.81. The first kappa shape index (κ1) is 9.60. The molecule has 1 aromatic rings. The zero-order valence-corrected chi connectivity index (χ0v) is 7.40. The van der Waals surface area contributed by atoms with Crippen molar-refractivity contribution in [2.75, 3.05) is 5.32 Å². The van der Waals surface area contributed by atoms with E-state index in [-0.39, 0.29) is 10.7 Å². The van der Waals surface area contributed by atoms with Gasteiger partial charge in [-0.25, -0.2) is 4.39 Å². The summed E-state index contributed by atoms with van der Waals surface area (Å²) in [4.78, 5) is 10.3. The van der Waals surface area contributed by atoms with E-state index in [0.717, 1.165) is 0 Å². The summed E-state index contributed by atoms with van der Waals surface area (Å²) in [6, 6.07) is 5.87. The van der Waals surface area contributed by atoms with Gasteiger partial charge in [-0.15, -0.1) is 0 Å². The second-order valence-electron chi connectivity index (χ2n) is 2.30. The number of para-hydroxylation sites is 1. The van der Waals surface area contributed by atoms with Gasteiger partial charge < -0.3 is 11.1 Å². The highest BCUT2D eigenvalue weighted by Crippen LogP contribution is 2.11.